The number of pyridine rings is 2. The maximum absolute atomic E-state index is 10.4. The third kappa shape index (κ3) is 2.88. The third-order valence-corrected chi connectivity index (χ3v) is 11.4. The molecule has 0 saturated carbocycles. The van der Waals surface area contributed by atoms with E-state index in [1.54, 1.807) is 12.4 Å². The summed E-state index contributed by atoms with van der Waals surface area (Å²) in [5.41, 5.74) is 9.22. The van der Waals surface area contributed by atoms with Crippen molar-refractivity contribution in [2.45, 2.75) is 0 Å². The maximum atomic E-state index is 10.4. The lowest BCUT2D eigenvalue weighted by Crippen LogP contribution is -1.94. The molecule has 240 valence electrons. The van der Waals surface area contributed by atoms with Crippen LogP contribution in [0.25, 0.3) is 120 Å². The van der Waals surface area contributed by atoms with Gasteiger partial charge in [-0.3, -0.25) is 8.80 Å². The predicted molar refractivity (Wildman–Crippen MR) is 207 cm³/mol. The number of hydrogen-bond donors (Lipinski definition) is 0. The van der Waals surface area contributed by atoms with Crippen LogP contribution in [0.15, 0.2) is 85.2 Å². The highest BCUT2D eigenvalue weighted by Gasteiger charge is 2.30. The van der Waals surface area contributed by atoms with Crippen molar-refractivity contribution in [3.63, 3.8) is 0 Å². The molecule has 0 N–H and O–H groups in total. The summed E-state index contributed by atoms with van der Waals surface area (Å²) in [5, 5.41) is 51.0. The van der Waals surface area contributed by atoms with Crippen LogP contribution in [0.4, 0.5) is 0 Å². The van der Waals surface area contributed by atoms with Gasteiger partial charge < -0.3 is 0 Å². The molecule has 0 fully saturated rings. The Balaban J connectivity index is 1.43. The fraction of sp³-hybridized carbons (Fsp3) is 0. The van der Waals surface area contributed by atoms with Gasteiger partial charge in [-0.2, -0.15) is 21.0 Å². The largest absolute Gasteiger partial charge is 0.290 e. The van der Waals surface area contributed by atoms with Gasteiger partial charge in [-0.15, -0.1) is 0 Å². The van der Waals surface area contributed by atoms with Crippen LogP contribution < -0.4 is 0 Å². The zero-order valence-corrected chi connectivity index (χ0v) is 27.6. The molecule has 7 aromatic heterocycles. The van der Waals surface area contributed by atoms with Crippen LogP contribution >= 0.6 is 0 Å². The Kier molecular flexibility index (Phi) is 4.49. The molecule has 6 aromatic carbocycles. The lowest BCUT2D eigenvalue weighted by Gasteiger charge is -2.08. The molecule has 0 spiro atoms. The second-order valence-electron chi connectivity index (χ2n) is 13.9. The van der Waals surface area contributed by atoms with Gasteiger partial charge in [-0.05, 0) is 41.8 Å². The fourth-order valence-electron chi connectivity index (χ4n) is 9.41. The molecule has 13 rings (SSSR count). The summed E-state index contributed by atoms with van der Waals surface area (Å²) in [5.74, 6) is 0. The van der Waals surface area contributed by atoms with Crippen molar-refractivity contribution in [1.29, 1.82) is 21.0 Å². The number of benzene rings is 5. The minimum atomic E-state index is 0.414. The molecule has 0 saturated heterocycles. The number of nitrogens with zero attached hydrogens (tertiary/aromatic N) is 10. The first-order valence-electron chi connectivity index (χ1n) is 17.1. The summed E-state index contributed by atoms with van der Waals surface area (Å²) in [6, 6.07) is 32.8. The van der Waals surface area contributed by atoms with Gasteiger partial charge in [0.25, 0.3) is 0 Å². The van der Waals surface area contributed by atoms with E-state index < -0.39 is 0 Å². The Morgan fingerprint density at radius 1 is 0.407 bits per heavy atom. The van der Waals surface area contributed by atoms with E-state index in [0.717, 1.165) is 97.7 Å². The standard InChI is InChI=1S/C44H14N10/c45-13-19-7-26-28-11-21(15-47)17-49-43(28)53-39(26)30(9-19)33-37-38(52-36-25-6-2-4-23-3-1-5-24(32(23)25)35(36)51-37)34-31-10-20(14-46)8-27-29-12-22(16-48)18-50-44(29)54(40(27)31)42(34)41(33)53/h1-12,17-18H. The average Bonchev–Trinajstić information content (AvgIpc) is 4.00. The monoisotopic (exact) mass is 682 g/mol. The molecule has 0 radical (unpaired) electrons. The second-order valence-corrected chi connectivity index (χ2v) is 13.9. The fourth-order valence-corrected chi connectivity index (χ4v) is 9.41. The summed E-state index contributed by atoms with van der Waals surface area (Å²) < 4.78 is 4.25. The quantitative estimate of drug-likeness (QED) is 0.153. The molecule has 13 aromatic rings. The molecule has 0 amide bonds. The van der Waals surface area contributed by atoms with Crippen LogP contribution in [0.5, 0.6) is 0 Å². The van der Waals surface area contributed by atoms with Crippen LogP contribution in [0.3, 0.4) is 0 Å². The van der Waals surface area contributed by atoms with Gasteiger partial charge in [-0.1, -0.05) is 36.4 Å². The molecule has 0 aliphatic heterocycles. The Labute approximate surface area is 300 Å². The number of rotatable bonds is 0. The van der Waals surface area contributed by atoms with Crippen LogP contribution in [0, 0.1) is 45.3 Å². The Morgan fingerprint density at radius 2 is 0.833 bits per heavy atom. The molecule has 10 heteroatoms. The highest BCUT2D eigenvalue weighted by atomic mass is 15.0. The SMILES string of the molecule is N#Cc1cnc2c(c1)c1cc(C#N)cc3c4c5nc6c7cccc8cccc(c6nc5c5c6cc(C#N)cc9c%10cc(C#N)cnc%10n(c96)c5c4n2c13)c87. The van der Waals surface area contributed by atoms with Crippen LogP contribution in [0.2, 0.25) is 0 Å². The molecule has 0 aliphatic rings. The minimum absolute atomic E-state index is 0.414. The van der Waals surface area contributed by atoms with Crippen molar-refractivity contribution < 1.29 is 0 Å². The van der Waals surface area contributed by atoms with Crippen molar-refractivity contribution in [1.82, 2.24) is 28.7 Å². The lowest BCUT2D eigenvalue weighted by molar-refractivity contribution is 1.24. The highest BCUT2D eigenvalue weighted by molar-refractivity contribution is 6.41. The van der Waals surface area contributed by atoms with E-state index in [1.807, 2.05) is 48.5 Å². The number of fused-ring (bicyclic) bond motifs is 19. The zero-order valence-electron chi connectivity index (χ0n) is 27.6. The van der Waals surface area contributed by atoms with E-state index in [0.29, 0.717) is 44.6 Å². The maximum Gasteiger partial charge on any atom is 0.145 e. The predicted octanol–water partition coefficient (Wildman–Crippen LogP) is 9.10. The van der Waals surface area contributed by atoms with Crippen LogP contribution in [-0.2, 0) is 0 Å². The third-order valence-electron chi connectivity index (χ3n) is 11.4. The molecule has 54 heavy (non-hydrogen) atoms. The molecule has 0 aliphatic carbocycles. The first kappa shape index (κ1) is 27.3. The molecular weight excluding hydrogens is 669 g/mol. The van der Waals surface area contributed by atoms with Crippen molar-refractivity contribution in [2.75, 3.05) is 0 Å². The van der Waals surface area contributed by atoms with E-state index in [2.05, 4.69) is 57.3 Å². The van der Waals surface area contributed by atoms with E-state index in [9.17, 15) is 21.0 Å². The van der Waals surface area contributed by atoms with Gasteiger partial charge >= 0.3 is 0 Å². The Morgan fingerprint density at radius 3 is 1.28 bits per heavy atom. The van der Waals surface area contributed by atoms with Crippen molar-refractivity contribution in [3.05, 3.63) is 107 Å². The first-order chi connectivity index (χ1) is 26.6. The van der Waals surface area contributed by atoms with Gasteiger partial charge in [0.15, 0.2) is 0 Å². The van der Waals surface area contributed by atoms with Crippen molar-refractivity contribution >= 4 is 120 Å². The van der Waals surface area contributed by atoms with Gasteiger partial charge in [0.2, 0.25) is 0 Å². The normalized spacial score (nSPS) is 12.4. The van der Waals surface area contributed by atoms with Crippen LogP contribution in [-0.4, -0.2) is 28.7 Å². The summed E-state index contributed by atoms with van der Waals surface area (Å²) in [4.78, 5) is 20.9. The first-order valence-corrected chi connectivity index (χ1v) is 17.1. The molecule has 0 unspecified atom stereocenters. The summed E-state index contributed by atoms with van der Waals surface area (Å²) in [6.07, 6.45) is 3.14. The Hall–Kier alpha value is -8.44. The second kappa shape index (κ2) is 8.88. The number of hydrogen-bond acceptors (Lipinski definition) is 8. The lowest BCUT2D eigenvalue weighted by atomic mass is 10.0. The van der Waals surface area contributed by atoms with Crippen molar-refractivity contribution in [3.8, 4) is 24.3 Å². The molecular formula is C44H14N10. The molecule has 0 bridgehead atoms. The van der Waals surface area contributed by atoms with Crippen molar-refractivity contribution in [2.24, 2.45) is 0 Å². The van der Waals surface area contributed by atoms with E-state index in [4.69, 9.17) is 19.9 Å². The zero-order chi connectivity index (χ0) is 35.7. The number of aromatic nitrogens is 6. The van der Waals surface area contributed by atoms with E-state index in [-0.39, 0.29) is 0 Å². The van der Waals surface area contributed by atoms with Gasteiger partial charge in [-0.25, -0.2) is 19.9 Å². The average molecular weight is 683 g/mol. The van der Waals surface area contributed by atoms with E-state index >= 15 is 0 Å². The summed E-state index contributed by atoms with van der Waals surface area (Å²) in [7, 11) is 0. The molecule has 7 heterocycles. The topological polar surface area (TPSA) is 156 Å². The molecule has 0 atom stereocenters. The van der Waals surface area contributed by atoms with Gasteiger partial charge in [0, 0.05) is 71.6 Å². The van der Waals surface area contributed by atoms with Gasteiger partial charge in [0.05, 0.1) is 67.5 Å². The Bertz CT molecular complexity index is 3860. The highest BCUT2D eigenvalue weighted by Crippen LogP contribution is 2.50. The summed E-state index contributed by atoms with van der Waals surface area (Å²) in [6.45, 7) is 0. The molecule has 10 nitrogen and oxygen atoms in total. The smallest absolute Gasteiger partial charge is 0.145 e. The number of nitriles is 4. The minimum Gasteiger partial charge on any atom is -0.290 e. The summed E-state index contributed by atoms with van der Waals surface area (Å²) >= 11 is 0. The van der Waals surface area contributed by atoms with E-state index in [1.165, 1.54) is 0 Å². The van der Waals surface area contributed by atoms with Gasteiger partial charge in [0.1, 0.15) is 34.5 Å². The van der Waals surface area contributed by atoms with Crippen LogP contribution in [0.1, 0.15) is 22.3 Å².